The number of fused-ring (bicyclic) bond motifs is 1. The van der Waals surface area contributed by atoms with E-state index in [2.05, 4.69) is 9.98 Å². The molecule has 0 aliphatic rings. The van der Waals surface area contributed by atoms with Crippen LogP contribution < -0.4 is 16.2 Å². The zero-order valence-corrected chi connectivity index (χ0v) is 8.10. The van der Waals surface area contributed by atoms with Gasteiger partial charge < -0.3 is 20.6 Å². The highest BCUT2D eigenvalue weighted by Crippen LogP contribution is 2.24. The van der Waals surface area contributed by atoms with E-state index in [4.69, 9.17) is 20.6 Å². The average Bonchev–Trinajstić information content (AvgIpc) is 2.57. The topological polar surface area (TPSA) is 99.7 Å². The normalized spacial score (nSPS) is 10.2. The Labute approximate surface area is 85.5 Å². The average molecular weight is 206 g/mol. The van der Waals surface area contributed by atoms with E-state index in [9.17, 15) is 0 Å². The molecule has 6 nitrogen and oxygen atoms in total. The monoisotopic (exact) mass is 206 g/mol. The second-order valence-electron chi connectivity index (χ2n) is 2.87. The third-order valence-electron chi connectivity index (χ3n) is 1.81. The minimum atomic E-state index is -0.0893. The van der Waals surface area contributed by atoms with Crippen LogP contribution in [-0.4, -0.2) is 18.1 Å². The molecule has 1 heterocycles. The van der Waals surface area contributed by atoms with Gasteiger partial charge in [0.05, 0.1) is 7.11 Å². The second kappa shape index (κ2) is 3.49. The van der Waals surface area contributed by atoms with Gasteiger partial charge in [0.2, 0.25) is 0 Å². The van der Waals surface area contributed by atoms with Gasteiger partial charge in [-0.15, -0.1) is 0 Å². The molecule has 1 aromatic heterocycles. The van der Waals surface area contributed by atoms with Crippen LogP contribution >= 0.6 is 0 Å². The number of nitrogens with zero attached hydrogens (tertiary/aromatic N) is 2. The smallest absolute Gasteiger partial charge is 0.325 e. The number of hydrogen-bond acceptors (Lipinski definition) is 4. The van der Waals surface area contributed by atoms with Crippen LogP contribution in [0.5, 0.6) is 5.75 Å². The number of benzene rings is 1. The number of rotatable bonds is 2. The van der Waals surface area contributed by atoms with Crippen LogP contribution in [0.25, 0.3) is 11.1 Å². The van der Waals surface area contributed by atoms with E-state index in [0.717, 1.165) is 0 Å². The minimum Gasteiger partial charge on any atom is -0.497 e. The van der Waals surface area contributed by atoms with Crippen LogP contribution in [0.3, 0.4) is 0 Å². The Morgan fingerprint density at radius 2 is 2.27 bits per heavy atom. The van der Waals surface area contributed by atoms with Crippen molar-refractivity contribution >= 4 is 23.1 Å². The van der Waals surface area contributed by atoms with Gasteiger partial charge in [-0.1, -0.05) is 0 Å². The molecule has 0 bridgehead atoms. The van der Waals surface area contributed by atoms with Gasteiger partial charge in [0.15, 0.2) is 11.5 Å². The van der Waals surface area contributed by atoms with Crippen molar-refractivity contribution in [3.63, 3.8) is 0 Å². The molecular weight excluding hydrogens is 196 g/mol. The first kappa shape index (κ1) is 9.32. The van der Waals surface area contributed by atoms with Gasteiger partial charge in [-0.25, -0.2) is 0 Å². The number of hydrogen-bond donors (Lipinski definition) is 2. The Hall–Kier alpha value is -2.24. The van der Waals surface area contributed by atoms with Crippen molar-refractivity contribution in [2.24, 2.45) is 16.5 Å². The molecule has 0 saturated carbocycles. The lowest BCUT2D eigenvalue weighted by atomic mass is 10.3. The first-order chi connectivity index (χ1) is 7.19. The number of aliphatic imine (C=N–C) groups is 1. The molecule has 15 heavy (non-hydrogen) atoms. The van der Waals surface area contributed by atoms with E-state index in [1.54, 1.807) is 25.3 Å². The predicted octanol–water partition coefficient (Wildman–Crippen LogP) is 0.741. The van der Waals surface area contributed by atoms with Crippen molar-refractivity contribution in [1.29, 1.82) is 0 Å². The van der Waals surface area contributed by atoms with Crippen molar-refractivity contribution in [3.05, 3.63) is 18.2 Å². The van der Waals surface area contributed by atoms with Crippen LogP contribution in [0.2, 0.25) is 0 Å². The molecule has 2 rings (SSSR count). The number of guanidine groups is 1. The number of oxazole rings is 1. The summed E-state index contributed by atoms with van der Waals surface area (Å²) < 4.78 is 10.3. The maximum atomic E-state index is 5.28. The summed E-state index contributed by atoms with van der Waals surface area (Å²) in [7, 11) is 1.58. The Morgan fingerprint density at radius 3 is 2.93 bits per heavy atom. The van der Waals surface area contributed by atoms with Gasteiger partial charge >= 0.3 is 6.01 Å². The maximum absolute atomic E-state index is 5.28. The molecule has 2 aromatic rings. The van der Waals surface area contributed by atoms with Gasteiger partial charge in [0.1, 0.15) is 11.3 Å². The number of nitrogens with two attached hydrogens (primary N) is 2. The lowest BCUT2D eigenvalue weighted by molar-refractivity contribution is 0.414. The molecule has 4 N–H and O–H groups in total. The van der Waals surface area contributed by atoms with Crippen molar-refractivity contribution in [2.45, 2.75) is 0 Å². The molecule has 1 aromatic carbocycles. The van der Waals surface area contributed by atoms with Crippen molar-refractivity contribution in [2.75, 3.05) is 7.11 Å². The molecule has 0 aliphatic carbocycles. The Kier molecular flexibility index (Phi) is 2.17. The third kappa shape index (κ3) is 1.83. The quantitative estimate of drug-likeness (QED) is 0.557. The highest BCUT2D eigenvalue weighted by molar-refractivity contribution is 5.80. The predicted molar refractivity (Wildman–Crippen MR) is 56.0 cm³/mol. The lowest BCUT2D eigenvalue weighted by Gasteiger charge is -1.95. The largest absolute Gasteiger partial charge is 0.497 e. The summed E-state index contributed by atoms with van der Waals surface area (Å²) in [4.78, 5) is 7.76. The summed E-state index contributed by atoms with van der Waals surface area (Å²) in [6, 6.07) is 5.40. The summed E-state index contributed by atoms with van der Waals surface area (Å²) in [6.45, 7) is 0. The molecule has 0 amide bonds. The Morgan fingerprint density at radius 1 is 1.47 bits per heavy atom. The fourth-order valence-corrected chi connectivity index (χ4v) is 1.18. The van der Waals surface area contributed by atoms with Crippen LogP contribution in [-0.2, 0) is 0 Å². The molecule has 0 fully saturated rings. The van der Waals surface area contributed by atoms with E-state index in [0.29, 0.717) is 16.8 Å². The Bertz CT molecular complexity index is 514. The van der Waals surface area contributed by atoms with Crippen molar-refractivity contribution in [1.82, 2.24) is 4.98 Å². The summed E-state index contributed by atoms with van der Waals surface area (Å²) in [5, 5.41) is 0. The van der Waals surface area contributed by atoms with E-state index in [1.807, 2.05) is 0 Å². The van der Waals surface area contributed by atoms with E-state index < -0.39 is 0 Å². The molecule has 0 aliphatic heterocycles. The van der Waals surface area contributed by atoms with Crippen LogP contribution in [0, 0.1) is 0 Å². The lowest BCUT2D eigenvalue weighted by Crippen LogP contribution is -2.21. The zero-order valence-electron chi connectivity index (χ0n) is 8.10. The summed E-state index contributed by atoms with van der Waals surface area (Å²) >= 11 is 0. The number of methoxy groups -OCH3 is 1. The summed E-state index contributed by atoms with van der Waals surface area (Å²) in [5.74, 6) is 0.600. The second-order valence-corrected chi connectivity index (χ2v) is 2.87. The molecule has 6 heteroatoms. The highest BCUT2D eigenvalue weighted by atomic mass is 16.5. The molecule has 0 spiro atoms. The van der Waals surface area contributed by atoms with Gasteiger partial charge in [-0.3, -0.25) is 0 Å². The fraction of sp³-hybridized carbons (Fsp3) is 0.111. The van der Waals surface area contributed by atoms with E-state index in [-0.39, 0.29) is 12.0 Å². The summed E-state index contributed by atoms with van der Waals surface area (Å²) in [5.41, 5.74) is 11.7. The molecule has 78 valence electrons. The van der Waals surface area contributed by atoms with Crippen LogP contribution in [0.4, 0.5) is 6.01 Å². The molecule has 0 unspecified atom stereocenters. The minimum absolute atomic E-state index is 0.0893. The number of aromatic nitrogens is 1. The SMILES string of the molecule is COc1ccc2nc(N=C(N)N)oc2c1. The van der Waals surface area contributed by atoms with Gasteiger partial charge in [0, 0.05) is 6.07 Å². The van der Waals surface area contributed by atoms with Crippen LogP contribution in [0.1, 0.15) is 0 Å². The number of ether oxygens (including phenoxy) is 1. The zero-order chi connectivity index (χ0) is 10.8. The van der Waals surface area contributed by atoms with Crippen LogP contribution in [0.15, 0.2) is 27.6 Å². The van der Waals surface area contributed by atoms with Gasteiger partial charge in [-0.05, 0) is 12.1 Å². The standard InChI is InChI=1S/C9H10N4O2/c1-14-5-2-3-6-7(4-5)15-9(12-6)13-8(10)11/h2-4H,1H3,(H4,10,11,12,13). The van der Waals surface area contributed by atoms with Gasteiger partial charge in [0.25, 0.3) is 0 Å². The van der Waals surface area contributed by atoms with Crippen molar-refractivity contribution in [3.8, 4) is 5.75 Å². The highest BCUT2D eigenvalue weighted by Gasteiger charge is 2.05. The molecule has 0 saturated heterocycles. The van der Waals surface area contributed by atoms with Crippen molar-refractivity contribution < 1.29 is 9.15 Å². The van der Waals surface area contributed by atoms with E-state index >= 15 is 0 Å². The maximum Gasteiger partial charge on any atom is 0.325 e. The first-order valence-electron chi connectivity index (χ1n) is 4.23. The van der Waals surface area contributed by atoms with E-state index in [1.165, 1.54) is 0 Å². The molecule has 0 atom stereocenters. The Balaban J connectivity index is 2.51. The fourth-order valence-electron chi connectivity index (χ4n) is 1.18. The first-order valence-corrected chi connectivity index (χ1v) is 4.23. The third-order valence-corrected chi connectivity index (χ3v) is 1.81. The van der Waals surface area contributed by atoms with Gasteiger partial charge in [-0.2, -0.15) is 9.98 Å². The summed E-state index contributed by atoms with van der Waals surface area (Å²) in [6.07, 6.45) is 0. The molecule has 0 radical (unpaired) electrons. The molecular formula is C9H10N4O2.